The largest absolute Gasteiger partial charge is 0.416 e. The molecule has 4 rings (SSSR count). The molecule has 2 heterocycles. The third-order valence-electron chi connectivity index (χ3n) is 5.83. The summed E-state index contributed by atoms with van der Waals surface area (Å²) in [6, 6.07) is 9.74. The highest BCUT2D eigenvalue weighted by Crippen LogP contribution is 2.36. The number of aromatic nitrogens is 2. The van der Waals surface area contributed by atoms with E-state index in [9.17, 15) is 22.8 Å². The molecule has 1 fully saturated rings. The number of amides is 2. The third kappa shape index (κ3) is 6.40. The number of nitrogens with zero attached hydrogens (tertiary/aromatic N) is 3. The lowest BCUT2D eigenvalue weighted by Crippen LogP contribution is -2.30. The van der Waals surface area contributed by atoms with E-state index in [2.05, 4.69) is 15.6 Å². The average molecular weight is 486 g/mol. The van der Waals surface area contributed by atoms with Crippen LogP contribution >= 0.6 is 0 Å². The molecule has 0 spiro atoms. The standard InChI is InChI=1S/C25H26F3N5O2/c26-25(27,28)19-7-8-22(33-11-2-1-3-12-33)21(16-19)31-24(35)18-5-4-6-20(15-18)30-23(34)9-13-32-14-10-29-17-32/h4-8,10,14-17H,1-3,9,11-13H2,(H,30,34)(H,31,35). The molecular formula is C25H26F3N5O2. The maximum absolute atomic E-state index is 13.4. The molecule has 1 saturated heterocycles. The van der Waals surface area contributed by atoms with E-state index in [0.717, 1.165) is 44.5 Å². The summed E-state index contributed by atoms with van der Waals surface area (Å²) in [4.78, 5) is 31.2. The van der Waals surface area contributed by atoms with Crippen molar-refractivity contribution in [3.05, 3.63) is 72.3 Å². The first-order valence-corrected chi connectivity index (χ1v) is 11.4. The van der Waals surface area contributed by atoms with Crippen LogP contribution in [0.5, 0.6) is 0 Å². The van der Waals surface area contributed by atoms with Crippen molar-refractivity contribution in [1.82, 2.24) is 9.55 Å². The lowest BCUT2D eigenvalue weighted by Gasteiger charge is -2.31. The van der Waals surface area contributed by atoms with Crippen LogP contribution in [0, 0.1) is 0 Å². The number of nitrogens with one attached hydrogen (secondary N) is 2. The van der Waals surface area contributed by atoms with Gasteiger partial charge in [-0.15, -0.1) is 0 Å². The number of piperidine rings is 1. The van der Waals surface area contributed by atoms with Gasteiger partial charge in [-0.25, -0.2) is 4.98 Å². The van der Waals surface area contributed by atoms with Crippen molar-refractivity contribution in [2.75, 3.05) is 28.6 Å². The third-order valence-corrected chi connectivity index (χ3v) is 5.83. The normalized spacial score (nSPS) is 14.0. The minimum atomic E-state index is -4.53. The number of rotatable bonds is 7. The van der Waals surface area contributed by atoms with Gasteiger partial charge in [-0.1, -0.05) is 6.07 Å². The SMILES string of the molecule is O=C(CCn1ccnc1)Nc1cccc(C(=O)Nc2cc(C(F)(F)F)ccc2N2CCCCC2)c1. The molecule has 10 heteroatoms. The molecule has 184 valence electrons. The maximum Gasteiger partial charge on any atom is 0.416 e. The fourth-order valence-electron chi connectivity index (χ4n) is 4.03. The lowest BCUT2D eigenvalue weighted by molar-refractivity contribution is -0.137. The second-order valence-electron chi connectivity index (χ2n) is 8.41. The summed E-state index contributed by atoms with van der Waals surface area (Å²) in [6.07, 6.45) is 3.64. The van der Waals surface area contributed by atoms with Gasteiger partial charge in [0.1, 0.15) is 0 Å². The summed E-state index contributed by atoms with van der Waals surface area (Å²) in [5, 5.41) is 5.40. The molecule has 0 unspecified atom stereocenters. The number of hydrogen-bond donors (Lipinski definition) is 2. The van der Waals surface area contributed by atoms with E-state index >= 15 is 0 Å². The zero-order chi connectivity index (χ0) is 24.8. The Morgan fingerprint density at radius 3 is 2.51 bits per heavy atom. The number of halogens is 3. The zero-order valence-electron chi connectivity index (χ0n) is 19.0. The van der Waals surface area contributed by atoms with E-state index in [1.807, 2.05) is 4.90 Å². The van der Waals surface area contributed by atoms with Gasteiger partial charge in [-0.05, 0) is 55.7 Å². The average Bonchev–Trinajstić information content (AvgIpc) is 3.37. The van der Waals surface area contributed by atoms with Crippen molar-refractivity contribution in [2.24, 2.45) is 0 Å². The van der Waals surface area contributed by atoms with Crippen LogP contribution in [0.2, 0.25) is 0 Å². The van der Waals surface area contributed by atoms with Crippen LogP contribution in [0.15, 0.2) is 61.2 Å². The van der Waals surface area contributed by atoms with Crippen LogP contribution in [0.1, 0.15) is 41.6 Å². The number of aryl methyl sites for hydroxylation is 1. The molecule has 7 nitrogen and oxygen atoms in total. The highest BCUT2D eigenvalue weighted by atomic mass is 19.4. The smallest absolute Gasteiger partial charge is 0.370 e. The molecule has 0 saturated carbocycles. The van der Waals surface area contributed by atoms with Gasteiger partial charge in [0.2, 0.25) is 5.91 Å². The van der Waals surface area contributed by atoms with E-state index < -0.39 is 17.6 Å². The summed E-state index contributed by atoms with van der Waals surface area (Å²) in [5.74, 6) is -0.793. The Morgan fingerprint density at radius 2 is 1.80 bits per heavy atom. The van der Waals surface area contributed by atoms with Gasteiger partial charge in [-0.3, -0.25) is 9.59 Å². The second kappa shape index (κ2) is 10.6. The van der Waals surface area contributed by atoms with Crippen molar-refractivity contribution < 1.29 is 22.8 Å². The van der Waals surface area contributed by atoms with E-state index in [4.69, 9.17) is 0 Å². The first kappa shape index (κ1) is 24.3. The van der Waals surface area contributed by atoms with E-state index in [1.54, 1.807) is 41.5 Å². The van der Waals surface area contributed by atoms with E-state index in [1.165, 1.54) is 12.1 Å². The number of carbonyl (C=O) groups is 2. The number of carbonyl (C=O) groups excluding carboxylic acids is 2. The van der Waals surface area contributed by atoms with Crippen LogP contribution in [-0.4, -0.2) is 34.5 Å². The Balaban J connectivity index is 1.49. The highest BCUT2D eigenvalue weighted by Gasteiger charge is 2.32. The fraction of sp³-hybridized carbons (Fsp3) is 0.320. The van der Waals surface area contributed by atoms with E-state index in [0.29, 0.717) is 17.9 Å². The van der Waals surface area contributed by atoms with Crippen molar-refractivity contribution in [3.63, 3.8) is 0 Å². The van der Waals surface area contributed by atoms with Gasteiger partial charge in [-0.2, -0.15) is 13.2 Å². The minimum Gasteiger partial charge on any atom is -0.370 e. The quantitative estimate of drug-likeness (QED) is 0.484. The molecule has 0 radical (unpaired) electrons. The molecule has 1 aliphatic heterocycles. The van der Waals surface area contributed by atoms with Gasteiger partial charge in [0.15, 0.2) is 0 Å². The predicted molar refractivity (Wildman–Crippen MR) is 127 cm³/mol. The zero-order valence-corrected chi connectivity index (χ0v) is 19.0. The Labute approximate surface area is 201 Å². The first-order chi connectivity index (χ1) is 16.8. The highest BCUT2D eigenvalue weighted by molar-refractivity contribution is 6.07. The molecule has 2 aromatic carbocycles. The van der Waals surface area contributed by atoms with Crippen LogP contribution in [0.25, 0.3) is 0 Å². The molecule has 3 aromatic rings. The topological polar surface area (TPSA) is 79.3 Å². The maximum atomic E-state index is 13.4. The first-order valence-electron chi connectivity index (χ1n) is 11.4. The van der Waals surface area contributed by atoms with Crippen molar-refractivity contribution in [2.45, 2.75) is 38.4 Å². The molecule has 35 heavy (non-hydrogen) atoms. The summed E-state index contributed by atoms with van der Waals surface area (Å²) in [6.45, 7) is 1.89. The minimum absolute atomic E-state index is 0.112. The van der Waals surface area contributed by atoms with Crippen molar-refractivity contribution >= 4 is 28.9 Å². The molecular weight excluding hydrogens is 459 g/mol. The number of alkyl halides is 3. The lowest BCUT2D eigenvalue weighted by atomic mass is 10.1. The Bertz CT molecular complexity index is 1170. The number of hydrogen-bond acceptors (Lipinski definition) is 4. The monoisotopic (exact) mass is 485 g/mol. The summed E-state index contributed by atoms with van der Waals surface area (Å²) < 4.78 is 41.8. The molecule has 0 bridgehead atoms. The molecule has 1 aliphatic rings. The predicted octanol–water partition coefficient (Wildman–Crippen LogP) is 5.17. The van der Waals surface area contributed by atoms with Gasteiger partial charge < -0.3 is 20.1 Å². The van der Waals surface area contributed by atoms with E-state index in [-0.39, 0.29) is 23.6 Å². The van der Waals surface area contributed by atoms with Crippen molar-refractivity contribution in [1.29, 1.82) is 0 Å². The Hall–Kier alpha value is -3.82. The Morgan fingerprint density at radius 1 is 1.00 bits per heavy atom. The molecule has 2 amide bonds. The van der Waals surface area contributed by atoms with Crippen molar-refractivity contribution in [3.8, 4) is 0 Å². The second-order valence-corrected chi connectivity index (χ2v) is 8.41. The molecule has 1 aromatic heterocycles. The fourth-order valence-corrected chi connectivity index (χ4v) is 4.03. The van der Waals surface area contributed by atoms with Crippen LogP contribution < -0.4 is 15.5 Å². The van der Waals surface area contributed by atoms with Crippen LogP contribution in [0.4, 0.5) is 30.2 Å². The van der Waals surface area contributed by atoms with Gasteiger partial charge in [0, 0.05) is 49.7 Å². The Kier molecular flexibility index (Phi) is 7.38. The summed E-state index contributed by atoms with van der Waals surface area (Å²) in [5.41, 5.74) is 0.497. The van der Waals surface area contributed by atoms with Gasteiger partial charge in [0.05, 0.1) is 23.3 Å². The summed E-state index contributed by atoms with van der Waals surface area (Å²) in [7, 11) is 0. The number of imidazole rings is 1. The van der Waals surface area contributed by atoms with Crippen LogP contribution in [-0.2, 0) is 17.5 Å². The molecule has 0 aliphatic carbocycles. The summed E-state index contributed by atoms with van der Waals surface area (Å²) >= 11 is 0. The van der Waals surface area contributed by atoms with Gasteiger partial charge >= 0.3 is 6.18 Å². The molecule has 2 N–H and O–H groups in total. The number of benzene rings is 2. The van der Waals surface area contributed by atoms with Gasteiger partial charge in [0.25, 0.3) is 5.91 Å². The molecule has 0 atom stereocenters. The number of anilines is 3. The van der Waals surface area contributed by atoms with Crippen LogP contribution in [0.3, 0.4) is 0 Å².